The molecule has 1 aliphatic heterocycles. The minimum Gasteiger partial charge on any atom is -0.326 e. The van der Waals surface area contributed by atoms with E-state index in [4.69, 9.17) is 5.73 Å². The summed E-state index contributed by atoms with van der Waals surface area (Å²) in [5, 5.41) is 0. The number of hydrogen-bond donors (Lipinski definition) is 1. The average Bonchev–Trinajstić information content (AvgIpc) is 2.56. The average molecular weight is 204 g/mol. The van der Waals surface area contributed by atoms with Crippen LogP contribution in [0.25, 0.3) is 0 Å². The lowest BCUT2D eigenvalue weighted by atomic mass is 9.96. The summed E-state index contributed by atoms with van der Waals surface area (Å²) in [5.74, 6) is 0.676. The molecule has 2 rings (SSSR count). The van der Waals surface area contributed by atoms with Gasteiger partial charge in [0.2, 0.25) is 0 Å². The SMILES string of the molecule is CN1CC(N)C(CCc2ccccc2)C1. The summed E-state index contributed by atoms with van der Waals surface area (Å²) in [7, 11) is 2.16. The predicted molar refractivity (Wildman–Crippen MR) is 63.7 cm³/mol. The van der Waals surface area contributed by atoms with Gasteiger partial charge in [0.15, 0.2) is 0 Å². The van der Waals surface area contributed by atoms with Gasteiger partial charge in [-0.05, 0) is 31.4 Å². The second-order valence-corrected chi connectivity index (χ2v) is 4.67. The lowest BCUT2D eigenvalue weighted by Gasteiger charge is -2.13. The third kappa shape index (κ3) is 2.80. The summed E-state index contributed by atoms with van der Waals surface area (Å²) >= 11 is 0. The molecule has 0 radical (unpaired) electrons. The molecule has 2 N–H and O–H groups in total. The van der Waals surface area contributed by atoms with Crippen LogP contribution in [0.1, 0.15) is 12.0 Å². The summed E-state index contributed by atoms with van der Waals surface area (Å²) < 4.78 is 0. The number of nitrogens with two attached hydrogens (primary N) is 1. The third-order valence-electron chi connectivity index (χ3n) is 3.32. The number of likely N-dealkylation sites (N-methyl/N-ethyl adjacent to an activating group) is 1. The number of benzene rings is 1. The highest BCUT2D eigenvalue weighted by Crippen LogP contribution is 2.19. The van der Waals surface area contributed by atoms with Crippen LogP contribution in [0.2, 0.25) is 0 Å². The smallest absolute Gasteiger partial charge is 0.0208 e. The highest BCUT2D eigenvalue weighted by molar-refractivity contribution is 5.14. The first kappa shape index (κ1) is 10.7. The molecule has 1 aliphatic rings. The fourth-order valence-electron chi connectivity index (χ4n) is 2.42. The van der Waals surface area contributed by atoms with E-state index in [1.165, 1.54) is 12.0 Å². The van der Waals surface area contributed by atoms with Gasteiger partial charge in [-0.25, -0.2) is 0 Å². The second-order valence-electron chi connectivity index (χ2n) is 4.67. The zero-order chi connectivity index (χ0) is 10.7. The molecule has 0 aromatic heterocycles. The van der Waals surface area contributed by atoms with E-state index >= 15 is 0 Å². The summed E-state index contributed by atoms with van der Waals surface area (Å²) in [6.45, 7) is 2.22. The van der Waals surface area contributed by atoms with E-state index in [9.17, 15) is 0 Å². The van der Waals surface area contributed by atoms with Gasteiger partial charge in [-0.3, -0.25) is 0 Å². The molecular weight excluding hydrogens is 184 g/mol. The maximum Gasteiger partial charge on any atom is 0.0208 e. The minimum absolute atomic E-state index is 0.374. The van der Waals surface area contributed by atoms with Gasteiger partial charge in [0.05, 0.1) is 0 Å². The van der Waals surface area contributed by atoms with Crippen LogP contribution in [0.5, 0.6) is 0 Å². The highest BCUT2D eigenvalue weighted by Gasteiger charge is 2.26. The fraction of sp³-hybridized carbons (Fsp3) is 0.538. The minimum atomic E-state index is 0.374. The molecule has 1 aromatic rings. The van der Waals surface area contributed by atoms with E-state index in [1.54, 1.807) is 0 Å². The molecule has 1 heterocycles. The van der Waals surface area contributed by atoms with Crippen LogP contribution in [0.3, 0.4) is 0 Å². The molecule has 2 heteroatoms. The van der Waals surface area contributed by atoms with Crippen LogP contribution in [-0.4, -0.2) is 31.1 Å². The Morgan fingerprint density at radius 1 is 1.27 bits per heavy atom. The van der Waals surface area contributed by atoms with Gasteiger partial charge in [0.1, 0.15) is 0 Å². The molecule has 0 aliphatic carbocycles. The molecule has 2 nitrogen and oxygen atoms in total. The van der Waals surface area contributed by atoms with Crippen molar-refractivity contribution in [3.63, 3.8) is 0 Å². The van der Waals surface area contributed by atoms with E-state index in [0.717, 1.165) is 19.5 Å². The zero-order valence-electron chi connectivity index (χ0n) is 9.39. The van der Waals surface area contributed by atoms with Crippen LogP contribution in [0, 0.1) is 5.92 Å². The van der Waals surface area contributed by atoms with Crippen LogP contribution >= 0.6 is 0 Å². The summed E-state index contributed by atoms with van der Waals surface area (Å²) in [4.78, 5) is 2.33. The summed E-state index contributed by atoms with van der Waals surface area (Å²) in [6, 6.07) is 11.1. The van der Waals surface area contributed by atoms with Crippen molar-refractivity contribution < 1.29 is 0 Å². The first-order valence-electron chi connectivity index (χ1n) is 5.74. The number of likely N-dealkylation sites (tertiary alicyclic amines) is 1. The van der Waals surface area contributed by atoms with Crippen molar-refractivity contribution in [1.82, 2.24) is 4.90 Å². The zero-order valence-corrected chi connectivity index (χ0v) is 9.39. The molecule has 0 spiro atoms. The van der Waals surface area contributed by atoms with E-state index in [2.05, 4.69) is 42.3 Å². The lowest BCUT2D eigenvalue weighted by molar-refractivity contribution is 0.388. The normalized spacial score (nSPS) is 27.1. The molecule has 1 fully saturated rings. The van der Waals surface area contributed by atoms with Crippen LogP contribution < -0.4 is 5.73 Å². The largest absolute Gasteiger partial charge is 0.326 e. The highest BCUT2D eigenvalue weighted by atomic mass is 15.1. The maximum atomic E-state index is 6.09. The number of rotatable bonds is 3. The topological polar surface area (TPSA) is 29.3 Å². The van der Waals surface area contributed by atoms with Gasteiger partial charge in [0.25, 0.3) is 0 Å². The number of aryl methyl sites for hydroxylation is 1. The number of hydrogen-bond acceptors (Lipinski definition) is 2. The van der Waals surface area contributed by atoms with Crippen LogP contribution in [0.4, 0.5) is 0 Å². The first-order valence-corrected chi connectivity index (χ1v) is 5.74. The van der Waals surface area contributed by atoms with Gasteiger partial charge in [-0.15, -0.1) is 0 Å². The van der Waals surface area contributed by atoms with Crippen molar-refractivity contribution in [2.45, 2.75) is 18.9 Å². The fourth-order valence-corrected chi connectivity index (χ4v) is 2.42. The summed E-state index contributed by atoms with van der Waals surface area (Å²) in [5.41, 5.74) is 7.52. The summed E-state index contributed by atoms with van der Waals surface area (Å²) in [6.07, 6.45) is 2.38. The molecule has 0 amide bonds. The van der Waals surface area contributed by atoms with Crippen LogP contribution in [0.15, 0.2) is 30.3 Å². The molecule has 0 saturated carbocycles. The van der Waals surface area contributed by atoms with E-state index in [0.29, 0.717) is 12.0 Å². The Morgan fingerprint density at radius 3 is 2.60 bits per heavy atom. The second kappa shape index (κ2) is 4.77. The van der Waals surface area contributed by atoms with E-state index in [1.807, 2.05) is 0 Å². The molecule has 2 atom stereocenters. The Balaban J connectivity index is 1.84. The van der Waals surface area contributed by atoms with Gasteiger partial charge >= 0.3 is 0 Å². The van der Waals surface area contributed by atoms with Gasteiger partial charge in [-0.2, -0.15) is 0 Å². The van der Waals surface area contributed by atoms with Gasteiger partial charge in [-0.1, -0.05) is 30.3 Å². The van der Waals surface area contributed by atoms with Crippen LogP contribution in [-0.2, 0) is 6.42 Å². The molecular formula is C13H20N2. The Morgan fingerprint density at radius 2 is 2.00 bits per heavy atom. The van der Waals surface area contributed by atoms with Crippen molar-refractivity contribution >= 4 is 0 Å². The number of nitrogens with zero attached hydrogens (tertiary/aromatic N) is 1. The Labute approximate surface area is 92.1 Å². The van der Waals surface area contributed by atoms with Crippen molar-refractivity contribution in [1.29, 1.82) is 0 Å². The Kier molecular flexibility index (Phi) is 3.39. The Bertz CT molecular complexity index is 297. The standard InChI is InChI=1S/C13H20N2/c1-15-9-12(13(14)10-15)8-7-11-5-3-2-4-6-11/h2-6,12-13H,7-10,14H2,1H3. The Hall–Kier alpha value is -0.860. The van der Waals surface area contributed by atoms with E-state index in [-0.39, 0.29) is 0 Å². The van der Waals surface area contributed by atoms with Gasteiger partial charge < -0.3 is 10.6 Å². The molecule has 1 aromatic carbocycles. The van der Waals surface area contributed by atoms with Crippen molar-refractivity contribution in [3.8, 4) is 0 Å². The predicted octanol–water partition coefficient (Wildman–Crippen LogP) is 1.51. The quantitative estimate of drug-likeness (QED) is 0.808. The third-order valence-corrected chi connectivity index (χ3v) is 3.32. The lowest BCUT2D eigenvalue weighted by Crippen LogP contribution is -2.29. The van der Waals surface area contributed by atoms with Crippen molar-refractivity contribution in [3.05, 3.63) is 35.9 Å². The molecule has 15 heavy (non-hydrogen) atoms. The molecule has 82 valence electrons. The van der Waals surface area contributed by atoms with E-state index < -0.39 is 0 Å². The molecule has 1 saturated heterocycles. The van der Waals surface area contributed by atoms with Gasteiger partial charge in [0, 0.05) is 19.1 Å². The monoisotopic (exact) mass is 204 g/mol. The first-order chi connectivity index (χ1) is 7.25. The maximum absolute atomic E-state index is 6.09. The molecule has 2 unspecified atom stereocenters. The molecule has 0 bridgehead atoms. The van der Waals surface area contributed by atoms with Crippen molar-refractivity contribution in [2.24, 2.45) is 11.7 Å². The van der Waals surface area contributed by atoms with Crippen molar-refractivity contribution in [2.75, 3.05) is 20.1 Å².